The average molecular weight is 1170 g/mol. The number of aliphatic carboxylic acids is 1. The number of carboxylic acids is 1. The smallest absolute Gasteiger partial charge is 0.307 e. The number of pyridine rings is 2. The lowest BCUT2D eigenvalue weighted by atomic mass is 9.92. The molecule has 81 heavy (non-hydrogen) atoms. The van der Waals surface area contributed by atoms with E-state index in [-0.39, 0.29) is 107 Å². The molecule has 0 bridgehead atoms. The molecular formula is C59H70F2N6O11S2Si. The van der Waals surface area contributed by atoms with Crippen LogP contribution in [0.1, 0.15) is 107 Å². The number of rotatable bonds is 13. The van der Waals surface area contributed by atoms with Crippen molar-refractivity contribution in [3.8, 4) is 11.5 Å². The fraction of sp³-hybridized carbons (Fsp3) is 0.424. The van der Waals surface area contributed by atoms with Crippen LogP contribution in [0, 0.1) is 11.6 Å². The van der Waals surface area contributed by atoms with Crippen molar-refractivity contribution in [2.45, 2.75) is 96.9 Å². The summed E-state index contributed by atoms with van der Waals surface area (Å²) in [4.78, 5) is 65.3. The van der Waals surface area contributed by atoms with Gasteiger partial charge in [0.15, 0.2) is 25.4 Å². The zero-order valence-electron chi connectivity index (χ0n) is 46.9. The Labute approximate surface area is 472 Å². The van der Waals surface area contributed by atoms with Gasteiger partial charge in [0.1, 0.15) is 28.4 Å². The predicted octanol–water partition coefficient (Wildman–Crippen LogP) is 7.79. The van der Waals surface area contributed by atoms with E-state index in [9.17, 15) is 55.0 Å². The zero-order chi connectivity index (χ0) is 58.9. The first-order valence-corrected chi connectivity index (χ1v) is 32.9. The van der Waals surface area contributed by atoms with Crippen LogP contribution in [0.3, 0.4) is 0 Å². The van der Waals surface area contributed by atoms with Crippen molar-refractivity contribution in [3.63, 3.8) is 0 Å². The van der Waals surface area contributed by atoms with Crippen molar-refractivity contribution in [2.75, 3.05) is 63.3 Å². The first-order chi connectivity index (χ1) is 38.2. The highest BCUT2D eigenvalue weighted by molar-refractivity contribution is 7.91. The lowest BCUT2D eigenvalue weighted by Crippen LogP contribution is -2.51. The number of fused-ring (bicyclic) bond motifs is 4. The fourth-order valence-corrected chi connectivity index (χ4v) is 19.3. The van der Waals surface area contributed by atoms with Gasteiger partial charge in [-0.25, -0.2) is 25.6 Å². The van der Waals surface area contributed by atoms with E-state index in [1.165, 1.54) is 34.1 Å². The number of sulfone groups is 2. The number of phenols is 1. The number of carboxylic acid groups (broad SMARTS) is 1. The van der Waals surface area contributed by atoms with Gasteiger partial charge in [-0.2, -0.15) is 0 Å². The highest BCUT2D eigenvalue weighted by atomic mass is 32.2. The molecule has 0 unspecified atom stereocenters. The van der Waals surface area contributed by atoms with E-state index >= 15 is 0 Å². The van der Waals surface area contributed by atoms with Crippen molar-refractivity contribution in [3.05, 3.63) is 140 Å². The Hall–Kier alpha value is -6.88. The minimum absolute atomic E-state index is 0.0397. The maximum absolute atomic E-state index is 13.5. The quantitative estimate of drug-likeness (QED) is 0.0937. The molecular weight excluding hydrogens is 1100 g/mol. The highest BCUT2D eigenvalue weighted by Crippen LogP contribution is 2.48. The first kappa shape index (κ1) is 60.2. The van der Waals surface area contributed by atoms with Crippen LogP contribution in [-0.4, -0.2) is 147 Å². The van der Waals surface area contributed by atoms with E-state index in [1.807, 2.05) is 12.1 Å². The maximum Gasteiger partial charge on any atom is 0.307 e. The number of nitrogens with zero attached hydrogens (tertiary/aromatic N) is 5. The summed E-state index contributed by atoms with van der Waals surface area (Å²) in [7, 11) is -4.90. The number of amides is 3. The molecule has 4 aromatic carbocycles. The SMILES string of the molecule is CC(C)[Si](Oc1c2c(c(CC(=O)O)c3cc(Cc4ccc(F)cc4)cnc13)CN(C)C2=O)(C(C)C)C(C)C.CN1Cc2c(c(O)c3ncc(Cc4ccc(F)cc4)cc3c2CC(=O)N2CCS(=O)(=O)CC2)C1=O.O=S1(=O)CCNCC1. The van der Waals surface area contributed by atoms with Crippen molar-refractivity contribution in [1.82, 2.24) is 30.0 Å². The van der Waals surface area contributed by atoms with Gasteiger partial charge in [0.05, 0.1) is 47.0 Å². The van der Waals surface area contributed by atoms with Crippen molar-refractivity contribution >= 4 is 73.5 Å². The second-order valence-corrected chi connectivity index (χ2v) is 32.3. The molecule has 0 spiro atoms. The second kappa shape index (κ2) is 24.3. The number of phenolic OH excluding ortho intramolecular Hbond substituents is 1. The maximum atomic E-state index is 13.5. The molecule has 4 aliphatic rings. The van der Waals surface area contributed by atoms with Crippen LogP contribution in [0.2, 0.25) is 16.6 Å². The topological polar surface area (TPSA) is 234 Å². The number of hydrogen-bond donors (Lipinski definition) is 3. The third-order valence-electron chi connectivity index (χ3n) is 15.8. The van der Waals surface area contributed by atoms with Crippen LogP contribution in [0.5, 0.6) is 11.5 Å². The molecule has 6 aromatic rings. The summed E-state index contributed by atoms with van der Waals surface area (Å²) in [5.74, 6) is -1.57. The van der Waals surface area contributed by atoms with Crippen LogP contribution in [0.4, 0.5) is 8.78 Å². The molecule has 2 saturated heterocycles. The molecule has 2 fully saturated rings. The van der Waals surface area contributed by atoms with Crippen LogP contribution in [0.25, 0.3) is 21.8 Å². The van der Waals surface area contributed by atoms with Gasteiger partial charge in [-0.1, -0.05) is 65.8 Å². The minimum Gasteiger partial charge on any atom is -0.541 e. The average Bonchev–Trinajstić information content (AvgIpc) is 4.10. The number of hydrogen-bond acceptors (Lipinski definition) is 13. The molecule has 0 aliphatic carbocycles. The van der Waals surface area contributed by atoms with Crippen LogP contribution in [-0.2, 0) is 68.0 Å². The van der Waals surface area contributed by atoms with Gasteiger partial charge in [-0.15, -0.1) is 0 Å². The van der Waals surface area contributed by atoms with E-state index in [0.717, 1.165) is 22.3 Å². The van der Waals surface area contributed by atoms with Crippen LogP contribution < -0.4 is 9.74 Å². The molecule has 2 aromatic heterocycles. The van der Waals surface area contributed by atoms with Gasteiger partial charge in [0, 0.05) is 76.5 Å². The van der Waals surface area contributed by atoms with Crippen LogP contribution >= 0.6 is 0 Å². The molecule has 6 heterocycles. The van der Waals surface area contributed by atoms with Gasteiger partial charge in [0.2, 0.25) is 5.91 Å². The Morgan fingerprint density at radius 1 is 0.654 bits per heavy atom. The molecule has 4 aliphatic heterocycles. The summed E-state index contributed by atoms with van der Waals surface area (Å²) in [5, 5.41) is 25.0. The molecule has 0 atom stereocenters. The summed E-state index contributed by atoms with van der Waals surface area (Å²) in [6.45, 7) is 15.2. The molecule has 3 amide bonds. The summed E-state index contributed by atoms with van der Waals surface area (Å²) in [5.41, 5.74) is 8.19. The highest BCUT2D eigenvalue weighted by Gasteiger charge is 2.49. The molecule has 0 saturated carbocycles. The second-order valence-electron chi connectivity index (χ2n) is 22.4. The van der Waals surface area contributed by atoms with Gasteiger partial charge in [-0.05, 0) is 110 Å². The number of aromatic nitrogens is 2. The zero-order valence-corrected chi connectivity index (χ0v) is 49.6. The van der Waals surface area contributed by atoms with Crippen molar-refractivity contribution in [1.29, 1.82) is 0 Å². The Morgan fingerprint density at radius 2 is 1.09 bits per heavy atom. The summed E-state index contributed by atoms with van der Waals surface area (Å²) < 4.78 is 78.7. The first-order valence-electron chi connectivity index (χ1n) is 27.1. The lowest BCUT2D eigenvalue weighted by Gasteiger charge is -2.42. The van der Waals surface area contributed by atoms with Gasteiger partial charge >= 0.3 is 5.97 Å². The number of halogens is 2. The Balaban J connectivity index is 0.000000187. The van der Waals surface area contributed by atoms with Crippen LogP contribution in [0.15, 0.2) is 73.1 Å². The number of carbonyl (C=O) groups is 4. The van der Waals surface area contributed by atoms with E-state index in [0.29, 0.717) is 93.8 Å². The molecule has 432 valence electrons. The van der Waals surface area contributed by atoms with E-state index in [4.69, 9.17) is 9.41 Å². The predicted molar refractivity (Wildman–Crippen MR) is 309 cm³/mol. The van der Waals surface area contributed by atoms with Gasteiger partial charge < -0.3 is 34.7 Å². The summed E-state index contributed by atoms with van der Waals surface area (Å²) >= 11 is 0. The molecule has 22 heteroatoms. The van der Waals surface area contributed by atoms with E-state index < -0.39 is 34.0 Å². The Morgan fingerprint density at radius 3 is 1.54 bits per heavy atom. The van der Waals surface area contributed by atoms with Crippen molar-refractivity contribution < 1.29 is 59.4 Å². The van der Waals surface area contributed by atoms with Gasteiger partial charge in [0.25, 0.3) is 20.1 Å². The molecule has 0 radical (unpaired) electrons. The van der Waals surface area contributed by atoms with Gasteiger partial charge in [-0.3, -0.25) is 29.1 Å². The molecule has 17 nitrogen and oxygen atoms in total. The number of aromatic hydroxyl groups is 1. The normalized spacial score (nSPS) is 16.6. The van der Waals surface area contributed by atoms with Crippen molar-refractivity contribution in [2.24, 2.45) is 0 Å². The van der Waals surface area contributed by atoms with E-state index in [2.05, 4.69) is 51.8 Å². The molecule has 3 N–H and O–H groups in total. The summed E-state index contributed by atoms with van der Waals surface area (Å²) in [6, 6.07) is 16.2. The number of nitrogens with one attached hydrogen (secondary N) is 1. The standard InChI is InChI=1S/C30H37FN2O4Si.C25H24FN3O5S.C4H9NO2S/c1-17(2)38(18(3)4,19(5)6)37-29-27-25(16-33(7)30(27)36)23(14-26(34)35)24-13-21(15-32-28(24)29)12-20-8-10-22(31)11-9-20;1-28-14-20-18(12-21(30)29-6-8-35(33,34)9-7-29)19-11-16(10-15-2-4-17(26)5-3-15)13-27-23(19)24(31)22(20)25(28)32;6-8(7)3-1-5-2-4-8/h8-11,13,15,17-19H,12,14,16H2,1-7H3,(H,34,35);2-5,11,13,31H,6-10,12,14H2,1H3;5H,1-4H2. The Bertz CT molecular complexity index is 3610. The lowest BCUT2D eigenvalue weighted by molar-refractivity contribution is -0.136. The number of benzene rings is 4. The van der Waals surface area contributed by atoms with E-state index in [1.54, 1.807) is 55.7 Å². The largest absolute Gasteiger partial charge is 0.541 e. The third kappa shape index (κ3) is 13.1. The Kier molecular flexibility index (Phi) is 18.1. The minimum atomic E-state index is -3.14. The summed E-state index contributed by atoms with van der Waals surface area (Å²) in [6.07, 6.45) is 4.08. The number of carbonyl (C=O) groups excluding carboxylic acids is 3. The fourth-order valence-electron chi connectivity index (χ4n) is 11.8. The third-order valence-corrected chi connectivity index (χ3v) is 25.1. The monoisotopic (exact) mass is 1170 g/mol. The molecule has 10 rings (SSSR count).